The maximum absolute atomic E-state index is 12.1. The summed E-state index contributed by atoms with van der Waals surface area (Å²) in [5.41, 5.74) is 0. The lowest BCUT2D eigenvalue weighted by atomic mass is 10.0. The molecule has 0 saturated heterocycles. The maximum Gasteiger partial charge on any atom is 0.472 e. The summed E-state index contributed by atoms with van der Waals surface area (Å²) in [6, 6.07) is 0. The summed E-state index contributed by atoms with van der Waals surface area (Å²) in [5.74, 6) is -0.985. The van der Waals surface area contributed by atoms with E-state index in [0.717, 1.165) is 19.3 Å². The molecule has 0 rings (SSSR count). The van der Waals surface area contributed by atoms with Crippen LogP contribution in [0.1, 0.15) is 129 Å². The number of carbonyl (C=O) groups excluding carboxylic acids is 2. The number of unbranched alkanes of at least 4 members (excludes halogenated alkanes) is 16. The third kappa shape index (κ3) is 28.5. The zero-order valence-electron chi connectivity index (χ0n) is 26.3. The highest BCUT2D eigenvalue weighted by atomic mass is 31.2. The Kier molecular flexibility index (Phi) is 24.0. The molecule has 0 aromatic heterocycles. The fraction of sp³-hybridized carbons (Fsp3) is 0.933. The Hall–Kier alpha value is -0.990. The summed E-state index contributed by atoms with van der Waals surface area (Å²) in [5, 5.41) is 0. The van der Waals surface area contributed by atoms with Crippen LogP contribution in [0, 0.1) is 0 Å². The molecule has 0 aliphatic heterocycles. The van der Waals surface area contributed by atoms with Crippen molar-refractivity contribution < 1.29 is 42.1 Å². The maximum atomic E-state index is 12.1. The lowest BCUT2D eigenvalue weighted by molar-refractivity contribution is -0.870. The van der Waals surface area contributed by atoms with Crippen molar-refractivity contribution in [1.29, 1.82) is 0 Å². The van der Waals surface area contributed by atoms with Gasteiger partial charge in [-0.15, -0.1) is 0 Å². The lowest BCUT2D eigenvalue weighted by Gasteiger charge is -2.24. The molecule has 0 amide bonds. The van der Waals surface area contributed by atoms with Crippen molar-refractivity contribution in [3.05, 3.63) is 0 Å². The predicted molar refractivity (Wildman–Crippen MR) is 160 cm³/mol. The minimum absolute atomic E-state index is 0.0316. The first-order valence-electron chi connectivity index (χ1n) is 15.7. The van der Waals surface area contributed by atoms with E-state index in [1.165, 1.54) is 96.8 Å². The summed E-state index contributed by atoms with van der Waals surface area (Å²) in [6.45, 7) is 3.37. The number of esters is 2. The molecular weight excluding hydrogens is 533 g/mol. The van der Waals surface area contributed by atoms with E-state index >= 15 is 0 Å². The molecule has 0 radical (unpaired) electrons. The molecule has 0 bridgehead atoms. The van der Waals surface area contributed by atoms with Crippen molar-refractivity contribution in [3.63, 3.8) is 0 Å². The van der Waals surface area contributed by atoms with Crippen LogP contribution >= 0.6 is 7.82 Å². The Bertz CT molecular complexity index is 683. The SMILES string of the molecule is CCCCCCCCCCCCCCCCCCCC(=O)OC[C@H](COP(=O)(O)OCC[N+](C)(C)C)OC(C)=O. The largest absolute Gasteiger partial charge is 0.472 e. The number of carbonyl (C=O) groups is 2. The van der Waals surface area contributed by atoms with Crippen LogP contribution in [0.5, 0.6) is 0 Å². The van der Waals surface area contributed by atoms with Gasteiger partial charge < -0.3 is 18.9 Å². The lowest BCUT2D eigenvalue weighted by Crippen LogP contribution is -2.37. The summed E-state index contributed by atoms with van der Waals surface area (Å²) in [6.07, 6.45) is 21.0. The molecule has 0 aliphatic carbocycles. The van der Waals surface area contributed by atoms with Gasteiger partial charge in [-0.05, 0) is 6.42 Å². The van der Waals surface area contributed by atoms with Crippen LogP contribution in [-0.2, 0) is 32.7 Å². The van der Waals surface area contributed by atoms with Gasteiger partial charge in [0.15, 0.2) is 6.10 Å². The van der Waals surface area contributed by atoms with Gasteiger partial charge in [0.05, 0.1) is 27.7 Å². The van der Waals surface area contributed by atoms with Gasteiger partial charge in [-0.25, -0.2) is 4.57 Å². The normalized spacial score (nSPS) is 14.1. The van der Waals surface area contributed by atoms with Gasteiger partial charge in [0.25, 0.3) is 0 Å². The average molecular weight is 595 g/mol. The molecule has 40 heavy (non-hydrogen) atoms. The standard InChI is InChI=1S/C30H60NO8P/c1-6-7-8-9-10-11-12-13-14-15-16-17-18-19-20-21-22-23-30(33)36-26-29(39-28(2)32)27-38-40(34,35)37-25-24-31(3,4)5/h29H,6-27H2,1-5H3/p+1/t29-/m1/s1. The molecule has 0 aromatic rings. The van der Waals surface area contributed by atoms with E-state index in [1.54, 1.807) is 0 Å². The van der Waals surface area contributed by atoms with Crippen LogP contribution in [-0.4, -0.2) is 74.9 Å². The molecule has 0 aromatic carbocycles. The number of quaternary nitrogens is 1. The Morgan fingerprint density at radius 1 is 0.725 bits per heavy atom. The van der Waals surface area contributed by atoms with Gasteiger partial charge in [0, 0.05) is 13.3 Å². The molecule has 1 N–H and O–H groups in total. The highest BCUT2D eigenvalue weighted by Crippen LogP contribution is 2.43. The predicted octanol–water partition coefficient (Wildman–Crippen LogP) is 7.34. The molecule has 9 nitrogen and oxygen atoms in total. The Morgan fingerprint density at radius 2 is 1.18 bits per heavy atom. The van der Waals surface area contributed by atoms with Crippen LogP contribution in [0.25, 0.3) is 0 Å². The Labute approximate surface area is 244 Å². The highest BCUT2D eigenvalue weighted by molar-refractivity contribution is 7.47. The number of phosphoric acid groups is 1. The second-order valence-electron chi connectivity index (χ2n) is 11.9. The van der Waals surface area contributed by atoms with Crippen LogP contribution in [0.15, 0.2) is 0 Å². The van der Waals surface area contributed by atoms with E-state index in [0.29, 0.717) is 17.4 Å². The fourth-order valence-electron chi connectivity index (χ4n) is 4.25. The van der Waals surface area contributed by atoms with E-state index in [4.69, 9.17) is 18.5 Å². The van der Waals surface area contributed by atoms with Crippen molar-refractivity contribution in [2.24, 2.45) is 0 Å². The van der Waals surface area contributed by atoms with E-state index in [1.807, 2.05) is 21.1 Å². The van der Waals surface area contributed by atoms with E-state index in [9.17, 15) is 19.0 Å². The first kappa shape index (κ1) is 39.0. The molecule has 0 fully saturated rings. The van der Waals surface area contributed by atoms with Crippen molar-refractivity contribution in [1.82, 2.24) is 0 Å². The Morgan fingerprint density at radius 3 is 1.60 bits per heavy atom. The molecule has 238 valence electrons. The zero-order chi connectivity index (χ0) is 30.1. The number of hydrogen-bond donors (Lipinski definition) is 1. The molecular formula is C30H61NO8P+. The van der Waals surface area contributed by atoms with Crippen LogP contribution in [0.3, 0.4) is 0 Å². The smallest absolute Gasteiger partial charge is 0.462 e. The third-order valence-corrected chi connectivity index (χ3v) is 7.67. The quantitative estimate of drug-likeness (QED) is 0.0434. The van der Waals surface area contributed by atoms with Crippen molar-refractivity contribution in [2.45, 2.75) is 136 Å². The number of phosphoric ester groups is 1. The van der Waals surface area contributed by atoms with Gasteiger partial charge in [-0.1, -0.05) is 110 Å². The average Bonchev–Trinajstić information content (AvgIpc) is 2.86. The number of ether oxygens (including phenoxy) is 2. The number of hydrogen-bond acceptors (Lipinski definition) is 7. The van der Waals surface area contributed by atoms with Crippen LogP contribution < -0.4 is 0 Å². The summed E-state index contributed by atoms with van der Waals surface area (Å²) in [7, 11) is 1.47. The highest BCUT2D eigenvalue weighted by Gasteiger charge is 2.26. The summed E-state index contributed by atoms with van der Waals surface area (Å²) in [4.78, 5) is 33.3. The molecule has 2 atom stereocenters. The number of nitrogens with zero attached hydrogens (tertiary/aromatic N) is 1. The molecule has 0 spiro atoms. The topological polar surface area (TPSA) is 108 Å². The first-order valence-corrected chi connectivity index (χ1v) is 17.2. The molecule has 10 heteroatoms. The first-order chi connectivity index (χ1) is 18.9. The van der Waals surface area contributed by atoms with Crippen molar-refractivity contribution in [2.75, 3.05) is 47.5 Å². The van der Waals surface area contributed by atoms with Gasteiger partial charge in [0.2, 0.25) is 0 Å². The van der Waals surface area contributed by atoms with Gasteiger partial charge >= 0.3 is 19.8 Å². The Balaban J connectivity index is 3.80. The van der Waals surface area contributed by atoms with Crippen LogP contribution in [0.4, 0.5) is 0 Å². The minimum atomic E-state index is -4.31. The second kappa shape index (κ2) is 24.6. The van der Waals surface area contributed by atoms with Crippen molar-refractivity contribution in [3.8, 4) is 0 Å². The minimum Gasteiger partial charge on any atom is -0.462 e. The molecule has 0 saturated carbocycles. The number of likely N-dealkylation sites (N-methyl/N-ethyl adjacent to an activating group) is 1. The van der Waals surface area contributed by atoms with Gasteiger partial charge in [-0.3, -0.25) is 18.6 Å². The van der Waals surface area contributed by atoms with Gasteiger partial charge in [-0.2, -0.15) is 0 Å². The third-order valence-electron chi connectivity index (χ3n) is 6.69. The summed E-state index contributed by atoms with van der Waals surface area (Å²) < 4.78 is 32.8. The van der Waals surface area contributed by atoms with Crippen molar-refractivity contribution >= 4 is 19.8 Å². The fourth-order valence-corrected chi connectivity index (χ4v) is 4.99. The summed E-state index contributed by atoms with van der Waals surface area (Å²) >= 11 is 0. The number of rotatable bonds is 28. The molecule has 1 unspecified atom stereocenters. The van der Waals surface area contributed by atoms with Gasteiger partial charge in [0.1, 0.15) is 19.8 Å². The zero-order valence-corrected chi connectivity index (χ0v) is 27.2. The second-order valence-corrected chi connectivity index (χ2v) is 13.4. The van der Waals surface area contributed by atoms with E-state index < -0.39 is 26.5 Å². The molecule has 0 heterocycles. The molecule has 0 aliphatic rings. The van der Waals surface area contributed by atoms with E-state index in [-0.39, 0.29) is 19.2 Å². The monoisotopic (exact) mass is 594 g/mol. The van der Waals surface area contributed by atoms with Crippen LogP contribution in [0.2, 0.25) is 0 Å². The van der Waals surface area contributed by atoms with E-state index in [2.05, 4.69) is 6.92 Å².